The Balaban J connectivity index is 1.46. The zero-order valence-corrected chi connectivity index (χ0v) is 17.1. The topological polar surface area (TPSA) is 74.3 Å². The number of anilines is 1. The second-order valence-electron chi connectivity index (χ2n) is 6.44. The molecule has 1 saturated heterocycles. The predicted molar refractivity (Wildman–Crippen MR) is 109 cm³/mol. The molecule has 1 aromatic carbocycles. The number of hydrogen-bond donors (Lipinski definition) is 2. The molecule has 0 radical (unpaired) electrons. The summed E-state index contributed by atoms with van der Waals surface area (Å²) in [4.78, 5) is 31.4. The summed E-state index contributed by atoms with van der Waals surface area (Å²) in [6, 6.07) is 5.20. The maximum absolute atomic E-state index is 12.3. The molecule has 144 valence electrons. The number of piperidine rings is 1. The minimum absolute atomic E-state index is 0.0699. The third-order valence-corrected chi connectivity index (χ3v) is 6.03. The lowest BCUT2D eigenvalue weighted by molar-refractivity contribution is -0.117. The number of carbonyl (C=O) groups is 2. The smallest absolute Gasteiger partial charge is 0.263 e. The molecule has 3 rings (SSSR count). The van der Waals surface area contributed by atoms with Gasteiger partial charge < -0.3 is 10.6 Å². The largest absolute Gasteiger partial charge is 0.348 e. The Morgan fingerprint density at radius 2 is 1.93 bits per heavy atom. The Kier molecular flexibility index (Phi) is 6.70. The molecule has 0 atom stereocenters. The molecule has 1 aliphatic heterocycles. The van der Waals surface area contributed by atoms with Crippen molar-refractivity contribution in [1.82, 2.24) is 15.2 Å². The van der Waals surface area contributed by atoms with E-state index in [1.165, 1.54) is 11.3 Å². The minimum atomic E-state index is -0.159. The first kappa shape index (κ1) is 20.1. The van der Waals surface area contributed by atoms with Crippen molar-refractivity contribution >= 4 is 52.0 Å². The van der Waals surface area contributed by atoms with Crippen molar-refractivity contribution in [2.45, 2.75) is 25.8 Å². The molecular formula is C18H20Cl2N4O2S. The Morgan fingerprint density at radius 1 is 1.26 bits per heavy atom. The Labute approximate surface area is 171 Å². The van der Waals surface area contributed by atoms with Crippen molar-refractivity contribution in [2.75, 3.05) is 25.0 Å². The zero-order valence-electron chi connectivity index (χ0n) is 14.8. The van der Waals surface area contributed by atoms with E-state index >= 15 is 0 Å². The van der Waals surface area contributed by atoms with Crippen LogP contribution in [0.25, 0.3) is 0 Å². The van der Waals surface area contributed by atoms with Crippen molar-refractivity contribution in [3.63, 3.8) is 0 Å². The number of aromatic nitrogens is 1. The highest BCUT2D eigenvalue weighted by molar-refractivity contribution is 7.11. The summed E-state index contributed by atoms with van der Waals surface area (Å²) >= 11 is 13.5. The van der Waals surface area contributed by atoms with Crippen LogP contribution in [0.3, 0.4) is 0 Å². The number of benzene rings is 1. The first-order chi connectivity index (χ1) is 12.9. The number of nitrogens with one attached hydrogen (secondary N) is 2. The van der Waals surface area contributed by atoms with Gasteiger partial charge in [-0.1, -0.05) is 29.3 Å². The fourth-order valence-corrected chi connectivity index (χ4v) is 4.20. The van der Waals surface area contributed by atoms with Crippen molar-refractivity contribution < 1.29 is 9.59 Å². The van der Waals surface area contributed by atoms with E-state index in [-0.39, 0.29) is 24.4 Å². The number of para-hydroxylation sites is 1. The third kappa shape index (κ3) is 5.19. The monoisotopic (exact) mass is 426 g/mol. The first-order valence-electron chi connectivity index (χ1n) is 8.61. The summed E-state index contributed by atoms with van der Waals surface area (Å²) in [6.07, 6.45) is 1.59. The van der Waals surface area contributed by atoms with Crippen LogP contribution in [0.1, 0.15) is 28.2 Å². The van der Waals surface area contributed by atoms with Gasteiger partial charge in [-0.2, -0.15) is 0 Å². The number of amides is 2. The minimum Gasteiger partial charge on any atom is -0.348 e. The molecule has 0 saturated carbocycles. The van der Waals surface area contributed by atoms with Gasteiger partial charge in [-0.3, -0.25) is 14.5 Å². The molecule has 9 heteroatoms. The number of halogens is 2. The van der Waals surface area contributed by atoms with Gasteiger partial charge in [0, 0.05) is 19.1 Å². The van der Waals surface area contributed by atoms with Gasteiger partial charge in [0.25, 0.3) is 5.91 Å². The van der Waals surface area contributed by atoms with E-state index in [1.54, 1.807) is 23.7 Å². The average molecular weight is 427 g/mol. The lowest BCUT2D eigenvalue weighted by Gasteiger charge is -2.31. The molecule has 6 nitrogen and oxygen atoms in total. The van der Waals surface area contributed by atoms with E-state index in [4.69, 9.17) is 23.2 Å². The number of hydrogen-bond acceptors (Lipinski definition) is 5. The number of rotatable bonds is 5. The van der Waals surface area contributed by atoms with Crippen LogP contribution >= 0.6 is 34.5 Å². The van der Waals surface area contributed by atoms with Crippen LogP contribution in [0.4, 0.5) is 5.69 Å². The van der Waals surface area contributed by atoms with Crippen molar-refractivity contribution in [1.29, 1.82) is 0 Å². The summed E-state index contributed by atoms with van der Waals surface area (Å²) < 4.78 is 0. The molecule has 1 aliphatic rings. The summed E-state index contributed by atoms with van der Waals surface area (Å²) in [5, 5.41) is 6.66. The van der Waals surface area contributed by atoms with Gasteiger partial charge in [0.2, 0.25) is 5.91 Å². The van der Waals surface area contributed by atoms with Gasteiger partial charge in [-0.05, 0) is 31.9 Å². The third-order valence-electron chi connectivity index (χ3n) is 4.47. The number of aryl methyl sites for hydroxylation is 1. The van der Waals surface area contributed by atoms with Crippen LogP contribution in [-0.2, 0) is 4.79 Å². The van der Waals surface area contributed by atoms with Crippen LogP contribution in [0.15, 0.2) is 23.7 Å². The van der Waals surface area contributed by atoms with Crippen LogP contribution in [0.2, 0.25) is 10.0 Å². The summed E-state index contributed by atoms with van der Waals surface area (Å²) in [5.41, 5.74) is 2.87. The fraction of sp³-hybridized carbons (Fsp3) is 0.389. The van der Waals surface area contributed by atoms with Gasteiger partial charge in [0.15, 0.2) is 0 Å². The highest BCUT2D eigenvalue weighted by Crippen LogP contribution is 2.29. The summed E-state index contributed by atoms with van der Waals surface area (Å²) in [7, 11) is 0. The molecule has 2 heterocycles. The second kappa shape index (κ2) is 9.01. The van der Waals surface area contributed by atoms with E-state index in [0.717, 1.165) is 31.6 Å². The Bertz CT molecular complexity index is 814. The SMILES string of the molecule is Cc1ncsc1C(=O)NC1CCN(CC(=O)Nc2c(Cl)cccc2Cl)CC1. The lowest BCUT2D eigenvalue weighted by Crippen LogP contribution is -2.46. The lowest BCUT2D eigenvalue weighted by atomic mass is 10.0. The van der Waals surface area contributed by atoms with Crippen LogP contribution in [0.5, 0.6) is 0 Å². The standard InChI is InChI=1S/C18H20Cl2N4O2S/c1-11-17(27-10-21-11)18(26)22-12-5-7-24(8-6-12)9-15(25)23-16-13(19)3-2-4-14(16)20/h2-4,10,12H,5-9H2,1H3,(H,22,26)(H,23,25). The number of carbonyl (C=O) groups excluding carboxylic acids is 2. The highest BCUT2D eigenvalue weighted by Gasteiger charge is 2.24. The molecule has 2 amide bonds. The predicted octanol–water partition coefficient (Wildman–Crippen LogP) is 3.59. The molecule has 0 bridgehead atoms. The maximum atomic E-state index is 12.3. The van der Waals surface area contributed by atoms with Crippen molar-refractivity contribution in [3.8, 4) is 0 Å². The molecule has 1 fully saturated rings. The first-order valence-corrected chi connectivity index (χ1v) is 10.2. The van der Waals surface area contributed by atoms with Crippen molar-refractivity contribution in [3.05, 3.63) is 44.3 Å². The number of nitrogens with zero attached hydrogens (tertiary/aromatic N) is 2. The van der Waals surface area contributed by atoms with Crippen molar-refractivity contribution in [2.24, 2.45) is 0 Å². The summed E-state index contributed by atoms with van der Waals surface area (Å²) in [6.45, 7) is 3.56. The van der Waals surface area contributed by atoms with Gasteiger partial charge in [0.1, 0.15) is 4.88 Å². The molecule has 2 aromatic rings. The second-order valence-corrected chi connectivity index (χ2v) is 8.10. The molecule has 0 spiro atoms. The van der Waals surface area contributed by atoms with Gasteiger partial charge in [-0.25, -0.2) is 4.98 Å². The van der Waals surface area contributed by atoms with E-state index < -0.39 is 0 Å². The van der Waals surface area contributed by atoms with E-state index in [1.807, 2.05) is 6.92 Å². The molecular weight excluding hydrogens is 407 g/mol. The summed E-state index contributed by atoms with van der Waals surface area (Å²) in [5.74, 6) is -0.229. The Hall–Kier alpha value is -1.67. The molecule has 1 aromatic heterocycles. The van der Waals surface area contributed by atoms with Gasteiger partial charge in [-0.15, -0.1) is 11.3 Å². The van der Waals surface area contributed by atoms with E-state index in [2.05, 4.69) is 20.5 Å². The average Bonchev–Trinajstić information content (AvgIpc) is 3.06. The van der Waals surface area contributed by atoms with Crippen LogP contribution in [0, 0.1) is 6.92 Å². The molecule has 2 N–H and O–H groups in total. The maximum Gasteiger partial charge on any atom is 0.263 e. The normalized spacial score (nSPS) is 15.5. The fourth-order valence-electron chi connectivity index (χ4n) is 3.01. The molecule has 27 heavy (non-hydrogen) atoms. The van der Waals surface area contributed by atoms with E-state index in [9.17, 15) is 9.59 Å². The van der Waals surface area contributed by atoms with Gasteiger partial charge in [0.05, 0.1) is 33.5 Å². The molecule has 0 aliphatic carbocycles. The van der Waals surface area contributed by atoms with Gasteiger partial charge >= 0.3 is 0 Å². The highest BCUT2D eigenvalue weighted by atomic mass is 35.5. The molecule has 0 unspecified atom stereocenters. The quantitative estimate of drug-likeness (QED) is 0.765. The Morgan fingerprint density at radius 3 is 2.52 bits per heavy atom. The zero-order chi connectivity index (χ0) is 19.4. The van der Waals surface area contributed by atoms with E-state index in [0.29, 0.717) is 20.6 Å². The van der Waals surface area contributed by atoms with Crippen LogP contribution < -0.4 is 10.6 Å². The number of likely N-dealkylation sites (tertiary alicyclic amines) is 1. The van der Waals surface area contributed by atoms with Crippen LogP contribution in [-0.4, -0.2) is 47.4 Å². The number of thiazole rings is 1.